The summed E-state index contributed by atoms with van der Waals surface area (Å²) in [6, 6.07) is 0. The van der Waals surface area contributed by atoms with Crippen LogP contribution in [0.2, 0.25) is 0 Å². The molecule has 1 unspecified atom stereocenters. The van der Waals surface area contributed by atoms with Gasteiger partial charge in [-0.25, -0.2) is 0 Å². The van der Waals surface area contributed by atoms with Crippen molar-refractivity contribution in [1.82, 2.24) is 0 Å². The average Bonchev–Trinajstić information content (AvgIpc) is 2.14. The molecule has 1 heterocycles. The van der Waals surface area contributed by atoms with E-state index < -0.39 is 11.5 Å². The maximum atomic E-state index is 10.2. The van der Waals surface area contributed by atoms with Crippen LogP contribution in [-0.4, -0.2) is 17.4 Å². The van der Waals surface area contributed by atoms with Crippen molar-refractivity contribution in [2.24, 2.45) is 5.16 Å². The van der Waals surface area contributed by atoms with Gasteiger partial charge in [-0.2, -0.15) is 0 Å². The zero-order valence-electron chi connectivity index (χ0n) is 4.63. The molecule has 1 aliphatic heterocycles. The average molecular weight is 150 g/mol. The van der Waals surface area contributed by atoms with Gasteiger partial charge >= 0.3 is 11.5 Å². The minimum atomic E-state index is -1.04. The molecular weight excluding hydrogens is 146 g/mol. The van der Waals surface area contributed by atoms with Crippen LogP contribution in [0.4, 0.5) is 0 Å². The van der Waals surface area contributed by atoms with E-state index in [1.54, 1.807) is 6.92 Å². The summed E-state index contributed by atoms with van der Waals surface area (Å²) >= 11 is 4.99. The first-order valence-corrected chi connectivity index (χ1v) is 2.64. The highest BCUT2D eigenvalue weighted by Crippen LogP contribution is 2.08. The van der Waals surface area contributed by atoms with Gasteiger partial charge in [-0.3, -0.25) is 4.79 Å². The molecule has 0 bridgehead atoms. The van der Waals surface area contributed by atoms with E-state index in [4.69, 9.17) is 11.6 Å². The molecule has 0 spiro atoms. The number of hydrogen-bond acceptors (Lipinski definition) is 4. The summed E-state index contributed by atoms with van der Waals surface area (Å²) in [5.41, 5.74) is 0. The molecule has 1 rings (SSSR count). The molecule has 0 saturated heterocycles. The second-order valence-corrected chi connectivity index (χ2v) is 1.84. The van der Waals surface area contributed by atoms with E-state index in [1.165, 1.54) is 0 Å². The molecule has 9 heavy (non-hydrogen) atoms. The predicted molar refractivity (Wildman–Crippen MR) is 29.9 cm³/mol. The first kappa shape index (κ1) is 6.35. The summed E-state index contributed by atoms with van der Waals surface area (Å²) in [5, 5.41) is 2.63. The molecule has 0 aliphatic carbocycles. The van der Waals surface area contributed by atoms with Crippen molar-refractivity contribution >= 4 is 22.7 Å². The third-order valence-electron chi connectivity index (χ3n) is 0.740. The van der Waals surface area contributed by atoms with Crippen LogP contribution in [-0.2, 0) is 14.4 Å². The topological polar surface area (TPSA) is 47.9 Å². The third kappa shape index (κ3) is 1.32. The van der Waals surface area contributed by atoms with Gasteiger partial charge < -0.3 is 9.57 Å². The van der Waals surface area contributed by atoms with E-state index in [0.717, 1.165) is 0 Å². The van der Waals surface area contributed by atoms with E-state index in [2.05, 4.69) is 14.7 Å². The molecule has 1 aliphatic rings. The molecule has 0 aromatic carbocycles. The Morgan fingerprint density at radius 1 is 1.89 bits per heavy atom. The Labute approximate surface area is 56.4 Å². The first-order chi connectivity index (χ1) is 4.20. The van der Waals surface area contributed by atoms with Crippen molar-refractivity contribution in [3.8, 4) is 0 Å². The summed E-state index contributed by atoms with van der Waals surface area (Å²) in [7, 11) is 0. The van der Waals surface area contributed by atoms with Crippen LogP contribution in [0.5, 0.6) is 0 Å². The number of rotatable bonds is 1. The molecule has 1 atom stereocenters. The number of carbonyl (C=O) groups is 1. The fourth-order valence-corrected chi connectivity index (χ4v) is 0.492. The minimum Gasteiger partial charge on any atom is -0.429 e. The monoisotopic (exact) mass is 149 g/mol. The van der Waals surface area contributed by atoms with Crippen molar-refractivity contribution in [3.63, 3.8) is 0 Å². The fraction of sp³-hybridized carbons (Fsp3) is 0.500. The Balaban J connectivity index is 2.47. The Kier molecular flexibility index (Phi) is 1.57. The quantitative estimate of drug-likeness (QED) is 0.509. The van der Waals surface area contributed by atoms with E-state index >= 15 is 0 Å². The van der Waals surface area contributed by atoms with Crippen LogP contribution in [0.15, 0.2) is 5.16 Å². The SMILES string of the molecule is CC1=NOC(C(=O)Cl)O1. The third-order valence-corrected chi connectivity index (χ3v) is 0.918. The summed E-state index contributed by atoms with van der Waals surface area (Å²) in [5.74, 6) is 0.314. The van der Waals surface area contributed by atoms with Crippen LogP contribution in [0, 0.1) is 0 Å². The number of carbonyl (C=O) groups excluding carboxylic acids is 1. The Morgan fingerprint density at radius 3 is 2.78 bits per heavy atom. The summed E-state index contributed by atoms with van der Waals surface area (Å²) < 4.78 is 4.67. The largest absolute Gasteiger partial charge is 0.429 e. The van der Waals surface area contributed by atoms with E-state index in [0.29, 0.717) is 5.90 Å². The molecule has 0 saturated carbocycles. The van der Waals surface area contributed by atoms with Crippen molar-refractivity contribution in [3.05, 3.63) is 0 Å². The van der Waals surface area contributed by atoms with Crippen molar-refractivity contribution in [2.75, 3.05) is 0 Å². The standard InChI is InChI=1S/C4H4ClNO3/c1-2-6-9-4(8-2)3(5)7/h4H,1H3. The molecule has 4 nitrogen and oxygen atoms in total. The first-order valence-electron chi connectivity index (χ1n) is 2.26. The van der Waals surface area contributed by atoms with Crippen molar-refractivity contribution in [2.45, 2.75) is 13.2 Å². The maximum Gasteiger partial charge on any atom is 0.341 e. The number of nitrogens with zero attached hydrogens (tertiary/aromatic N) is 1. The van der Waals surface area contributed by atoms with Crippen LogP contribution < -0.4 is 0 Å². The molecule has 0 N–H and O–H groups in total. The fourth-order valence-electron chi connectivity index (χ4n) is 0.408. The summed E-state index contributed by atoms with van der Waals surface area (Å²) in [4.78, 5) is 14.6. The molecule has 5 heteroatoms. The lowest BCUT2D eigenvalue weighted by Crippen LogP contribution is -2.17. The number of halogens is 1. The Bertz CT molecular complexity index is 167. The lowest BCUT2D eigenvalue weighted by molar-refractivity contribution is -0.135. The highest BCUT2D eigenvalue weighted by atomic mass is 35.5. The highest BCUT2D eigenvalue weighted by Gasteiger charge is 2.25. The van der Waals surface area contributed by atoms with Gasteiger partial charge in [0, 0.05) is 6.92 Å². The zero-order valence-corrected chi connectivity index (χ0v) is 5.38. The maximum absolute atomic E-state index is 10.2. The Hall–Kier alpha value is -0.770. The molecule has 0 amide bonds. The van der Waals surface area contributed by atoms with Gasteiger partial charge in [-0.1, -0.05) is 0 Å². The lowest BCUT2D eigenvalue weighted by Gasteiger charge is -1.99. The molecule has 0 fully saturated rings. The summed E-state index contributed by atoms with van der Waals surface area (Å²) in [6.07, 6.45) is -1.04. The number of ether oxygens (including phenoxy) is 1. The Morgan fingerprint density at radius 2 is 2.56 bits per heavy atom. The summed E-state index contributed by atoms with van der Waals surface area (Å²) in [6.45, 7) is 1.57. The normalized spacial score (nSPS) is 24.2. The second-order valence-electron chi connectivity index (χ2n) is 1.47. The smallest absolute Gasteiger partial charge is 0.341 e. The second kappa shape index (κ2) is 2.23. The van der Waals surface area contributed by atoms with Gasteiger partial charge in [-0.05, 0) is 16.8 Å². The minimum absolute atomic E-state index is 0.314. The van der Waals surface area contributed by atoms with Crippen LogP contribution in [0.3, 0.4) is 0 Å². The van der Waals surface area contributed by atoms with Crippen LogP contribution in [0.25, 0.3) is 0 Å². The van der Waals surface area contributed by atoms with Gasteiger partial charge in [-0.15, -0.1) is 0 Å². The lowest BCUT2D eigenvalue weighted by atomic mass is 10.7. The molecular formula is C4H4ClNO3. The molecule has 0 aromatic rings. The van der Waals surface area contributed by atoms with E-state index in [-0.39, 0.29) is 0 Å². The molecule has 0 aromatic heterocycles. The van der Waals surface area contributed by atoms with Crippen LogP contribution in [0.1, 0.15) is 6.92 Å². The van der Waals surface area contributed by atoms with Gasteiger partial charge in [0.15, 0.2) is 0 Å². The highest BCUT2D eigenvalue weighted by molar-refractivity contribution is 6.64. The van der Waals surface area contributed by atoms with Crippen LogP contribution >= 0.6 is 11.6 Å². The van der Waals surface area contributed by atoms with E-state index in [9.17, 15) is 4.79 Å². The number of oxime groups is 1. The zero-order chi connectivity index (χ0) is 6.85. The van der Waals surface area contributed by atoms with Gasteiger partial charge in [0.1, 0.15) is 0 Å². The van der Waals surface area contributed by atoms with Gasteiger partial charge in [0.05, 0.1) is 0 Å². The molecule has 50 valence electrons. The van der Waals surface area contributed by atoms with Crippen molar-refractivity contribution < 1.29 is 14.4 Å². The number of hydrogen-bond donors (Lipinski definition) is 0. The van der Waals surface area contributed by atoms with Crippen molar-refractivity contribution in [1.29, 1.82) is 0 Å². The van der Waals surface area contributed by atoms with E-state index in [1.807, 2.05) is 0 Å². The van der Waals surface area contributed by atoms with Gasteiger partial charge in [0.25, 0.3) is 0 Å². The molecule has 0 radical (unpaired) electrons. The van der Waals surface area contributed by atoms with Gasteiger partial charge in [0.2, 0.25) is 5.90 Å². The predicted octanol–water partition coefficient (Wildman–Crippen LogP) is 0.458.